The highest BCUT2D eigenvalue weighted by atomic mass is 16.2. The summed E-state index contributed by atoms with van der Waals surface area (Å²) < 4.78 is 0. The van der Waals surface area contributed by atoms with Gasteiger partial charge in [0.2, 0.25) is 0 Å². The van der Waals surface area contributed by atoms with Gasteiger partial charge in [-0.05, 0) is 18.8 Å². The second-order valence-electron chi connectivity index (χ2n) is 3.84. The van der Waals surface area contributed by atoms with Crippen molar-refractivity contribution in [3.8, 4) is 0 Å². The number of aromatic amines is 1. The van der Waals surface area contributed by atoms with Gasteiger partial charge in [-0.1, -0.05) is 13.3 Å². The minimum absolute atomic E-state index is 0.127. The Morgan fingerprint density at radius 1 is 1.64 bits per heavy atom. The van der Waals surface area contributed by atoms with Crippen LogP contribution in [0.2, 0.25) is 0 Å². The van der Waals surface area contributed by atoms with Crippen molar-refractivity contribution in [2.45, 2.75) is 32.2 Å². The average Bonchev–Trinajstić information content (AvgIpc) is 2.77. The predicted molar refractivity (Wildman–Crippen MR) is 50.7 cm³/mol. The van der Waals surface area contributed by atoms with Crippen LogP contribution >= 0.6 is 0 Å². The molecule has 1 aliphatic rings. The Morgan fingerprint density at radius 3 is 3.07 bits per heavy atom. The third-order valence-electron chi connectivity index (χ3n) is 2.83. The average molecular weight is 194 g/mol. The van der Waals surface area contributed by atoms with E-state index in [4.69, 9.17) is 0 Å². The minimum Gasteiger partial charge on any atom is -0.348 e. The number of nitrogens with zero attached hydrogens (tertiary/aromatic N) is 2. The highest BCUT2D eigenvalue weighted by Crippen LogP contribution is 2.24. The number of rotatable bonds is 2. The first-order chi connectivity index (χ1) is 6.77. The molecule has 0 bridgehead atoms. The number of aromatic nitrogens is 3. The Morgan fingerprint density at radius 2 is 2.50 bits per heavy atom. The van der Waals surface area contributed by atoms with Crippen LogP contribution in [0.25, 0.3) is 0 Å². The topological polar surface area (TPSA) is 70.7 Å². The van der Waals surface area contributed by atoms with Crippen molar-refractivity contribution in [3.63, 3.8) is 0 Å². The molecule has 0 saturated heterocycles. The summed E-state index contributed by atoms with van der Waals surface area (Å²) in [7, 11) is 0. The van der Waals surface area contributed by atoms with Crippen LogP contribution in [0.1, 0.15) is 36.7 Å². The van der Waals surface area contributed by atoms with Crippen LogP contribution in [-0.4, -0.2) is 27.4 Å². The molecule has 0 aromatic carbocycles. The molecule has 76 valence electrons. The lowest BCUT2D eigenvalue weighted by atomic mass is 10.1. The highest BCUT2D eigenvalue weighted by molar-refractivity contribution is 5.92. The molecule has 1 aliphatic carbocycles. The summed E-state index contributed by atoms with van der Waals surface area (Å²) in [4.78, 5) is 11.6. The summed E-state index contributed by atoms with van der Waals surface area (Å²) in [6.07, 6.45) is 4.91. The van der Waals surface area contributed by atoms with Crippen molar-refractivity contribution in [3.05, 3.63) is 11.9 Å². The molecule has 2 rings (SSSR count). The molecule has 2 unspecified atom stereocenters. The molecule has 2 N–H and O–H groups in total. The molecule has 5 nitrogen and oxygen atoms in total. The van der Waals surface area contributed by atoms with Crippen LogP contribution in [0, 0.1) is 5.92 Å². The molecular weight excluding hydrogens is 180 g/mol. The lowest BCUT2D eigenvalue weighted by Gasteiger charge is -2.15. The van der Waals surface area contributed by atoms with Gasteiger partial charge in [0.05, 0.1) is 6.20 Å². The Balaban J connectivity index is 1.95. The Kier molecular flexibility index (Phi) is 2.47. The smallest absolute Gasteiger partial charge is 0.273 e. The maximum atomic E-state index is 11.6. The molecule has 0 spiro atoms. The maximum absolute atomic E-state index is 11.6. The molecular formula is C9H14N4O. The molecule has 1 heterocycles. The van der Waals surface area contributed by atoms with E-state index in [1.54, 1.807) is 0 Å². The zero-order valence-electron chi connectivity index (χ0n) is 8.16. The third-order valence-corrected chi connectivity index (χ3v) is 2.83. The van der Waals surface area contributed by atoms with Crippen LogP contribution in [0.3, 0.4) is 0 Å². The molecule has 14 heavy (non-hydrogen) atoms. The van der Waals surface area contributed by atoms with Crippen molar-refractivity contribution in [1.29, 1.82) is 0 Å². The van der Waals surface area contributed by atoms with Crippen LogP contribution in [0.15, 0.2) is 6.20 Å². The van der Waals surface area contributed by atoms with Crippen molar-refractivity contribution in [1.82, 2.24) is 20.7 Å². The molecule has 5 heteroatoms. The Bertz CT molecular complexity index is 309. The predicted octanol–water partition coefficient (Wildman–Crippen LogP) is 0.723. The summed E-state index contributed by atoms with van der Waals surface area (Å²) in [5, 5.41) is 12.7. The second kappa shape index (κ2) is 3.77. The van der Waals surface area contributed by atoms with Crippen LogP contribution in [0.4, 0.5) is 0 Å². The van der Waals surface area contributed by atoms with Crippen molar-refractivity contribution in [2.75, 3.05) is 0 Å². The SMILES string of the molecule is CC1CCCC1NC(=O)c1cn[nH]n1. The van der Waals surface area contributed by atoms with E-state index in [2.05, 4.69) is 27.7 Å². The molecule has 1 amide bonds. The van der Waals surface area contributed by atoms with Crippen molar-refractivity contribution in [2.24, 2.45) is 5.92 Å². The first-order valence-electron chi connectivity index (χ1n) is 4.94. The lowest BCUT2D eigenvalue weighted by Crippen LogP contribution is -2.36. The van der Waals surface area contributed by atoms with Gasteiger partial charge in [0.25, 0.3) is 5.91 Å². The molecule has 1 aromatic heterocycles. The second-order valence-corrected chi connectivity index (χ2v) is 3.84. The summed E-state index contributed by atoms with van der Waals surface area (Å²) >= 11 is 0. The van der Waals surface area contributed by atoms with E-state index < -0.39 is 0 Å². The van der Waals surface area contributed by atoms with Gasteiger partial charge in [-0.25, -0.2) is 0 Å². The van der Waals surface area contributed by atoms with Gasteiger partial charge in [0.1, 0.15) is 0 Å². The van der Waals surface area contributed by atoms with E-state index in [9.17, 15) is 4.79 Å². The fourth-order valence-corrected chi connectivity index (χ4v) is 1.91. The maximum Gasteiger partial charge on any atom is 0.273 e. The zero-order valence-corrected chi connectivity index (χ0v) is 8.16. The van der Waals surface area contributed by atoms with Crippen molar-refractivity contribution < 1.29 is 4.79 Å². The lowest BCUT2D eigenvalue weighted by molar-refractivity contribution is 0.0924. The number of amides is 1. The van der Waals surface area contributed by atoms with Gasteiger partial charge in [-0.3, -0.25) is 4.79 Å². The number of carbonyl (C=O) groups is 1. The first kappa shape index (κ1) is 9.18. The third kappa shape index (κ3) is 1.76. The van der Waals surface area contributed by atoms with Gasteiger partial charge in [-0.15, -0.1) is 0 Å². The van der Waals surface area contributed by atoms with Crippen molar-refractivity contribution >= 4 is 5.91 Å². The number of hydrogen-bond donors (Lipinski definition) is 2. The summed E-state index contributed by atoms with van der Waals surface area (Å²) in [5.74, 6) is 0.448. The highest BCUT2D eigenvalue weighted by Gasteiger charge is 2.25. The van der Waals surface area contributed by atoms with Crippen LogP contribution in [0.5, 0.6) is 0 Å². The zero-order chi connectivity index (χ0) is 9.97. The molecule has 0 radical (unpaired) electrons. The monoisotopic (exact) mass is 194 g/mol. The standard InChI is InChI=1S/C9H14N4O/c1-6-3-2-4-7(6)11-9(14)8-5-10-13-12-8/h5-7H,2-4H2,1H3,(H,11,14)(H,10,12,13). The summed E-state index contributed by atoms with van der Waals surface area (Å²) in [6, 6.07) is 0.305. The van der Waals surface area contributed by atoms with Crippen LogP contribution < -0.4 is 5.32 Å². The fraction of sp³-hybridized carbons (Fsp3) is 0.667. The number of hydrogen-bond acceptors (Lipinski definition) is 3. The van der Waals surface area contributed by atoms with Gasteiger partial charge >= 0.3 is 0 Å². The van der Waals surface area contributed by atoms with E-state index in [0.717, 1.165) is 6.42 Å². The van der Waals surface area contributed by atoms with E-state index in [1.165, 1.54) is 19.0 Å². The Hall–Kier alpha value is -1.39. The largest absolute Gasteiger partial charge is 0.348 e. The number of H-pyrrole nitrogens is 1. The van der Waals surface area contributed by atoms with E-state index in [0.29, 0.717) is 17.7 Å². The quantitative estimate of drug-likeness (QED) is 0.728. The fourth-order valence-electron chi connectivity index (χ4n) is 1.91. The van der Waals surface area contributed by atoms with Gasteiger partial charge < -0.3 is 5.32 Å². The number of nitrogens with one attached hydrogen (secondary N) is 2. The first-order valence-corrected chi connectivity index (χ1v) is 4.94. The molecule has 1 aromatic rings. The minimum atomic E-state index is -0.127. The summed E-state index contributed by atoms with van der Waals surface area (Å²) in [6.45, 7) is 2.17. The van der Waals surface area contributed by atoms with Gasteiger partial charge in [-0.2, -0.15) is 15.4 Å². The van der Waals surface area contributed by atoms with E-state index in [-0.39, 0.29) is 5.91 Å². The summed E-state index contributed by atoms with van der Waals surface area (Å²) in [5.41, 5.74) is 0.365. The molecule has 1 fully saturated rings. The molecule has 1 saturated carbocycles. The van der Waals surface area contributed by atoms with E-state index in [1.807, 2.05) is 0 Å². The van der Waals surface area contributed by atoms with E-state index >= 15 is 0 Å². The van der Waals surface area contributed by atoms with Crippen LogP contribution in [-0.2, 0) is 0 Å². The van der Waals surface area contributed by atoms with Gasteiger partial charge in [0.15, 0.2) is 5.69 Å². The number of carbonyl (C=O) groups excluding carboxylic acids is 1. The molecule has 0 aliphatic heterocycles. The normalized spacial score (nSPS) is 26.4. The van der Waals surface area contributed by atoms with Gasteiger partial charge in [0, 0.05) is 6.04 Å². The Labute approximate surface area is 82.3 Å². The molecule has 2 atom stereocenters.